The Morgan fingerprint density at radius 1 is 1.55 bits per heavy atom. The van der Waals surface area contributed by atoms with E-state index in [9.17, 15) is 0 Å². The molecule has 0 spiro atoms. The zero-order chi connectivity index (χ0) is 7.84. The van der Waals surface area contributed by atoms with Crippen LogP contribution < -0.4 is 0 Å². The topological polar surface area (TPSA) is 3.24 Å². The van der Waals surface area contributed by atoms with Crippen LogP contribution in [0.25, 0.3) is 0 Å². The smallest absolute Gasteiger partial charge is 0.0124 e. The van der Waals surface area contributed by atoms with Crippen molar-refractivity contribution in [2.75, 3.05) is 19.3 Å². The average Bonchev–Trinajstić information content (AvgIpc) is 2.68. The van der Waals surface area contributed by atoms with Gasteiger partial charge >= 0.3 is 0 Å². The Balaban J connectivity index is 1.86. The summed E-state index contributed by atoms with van der Waals surface area (Å²) in [6.45, 7) is 1.32. The molecule has 1 nitrogen and oxygen atoms in total. The third-order valence-corrected chi connectivity index (χ3v) is 3.75. The van der Waals surface area contributed by atoms with E-state index in [1.807, 2.05) is 0 Å². The van der Waals surface area contributed by atoms with Gasteiger partial charge in [-0.05, 0) is 50.4 Å². The van der Waals surface area contributed by atoms with Crippen molar-refractivity contribution in [3.8, 4) is 0 Å². The zero-order valence-corrected chi connectivity index (χ0v) is 8.06. The van der Waals surface area contributed by atoms with E-state index in [1.54, 1.807) is 0 Å². The normalized spacial score (nSPS) is 44.7. The van der Waals surface area contributed by atoms with E-state index in [2.05, 4.69) is 24.6 Å². The molecule has 1 aliphatic carbocycles. The summed E-state index contributed by atoms with van der Waals surface area (Å²) in [6, 6.07) is 0.909. The molecule has 1 aliphatic heterocycles. The van der Waals surface area contributed by atoms with Crippen LogP contribution in [-0.4, -0.2) is 30.3 Å². The van der Waals surface area contributed by atoms with E-state index in [0.29, 0.717) is 0 Å². The number of rotatable bonds is 2. The first-order valence-corrected chi connectivity index (χ1v) is 5.27. The van der Waals surface area contributed by atoms with Gasteiger partial charge in [0.25, 0.3) is 0 Å². The lowest BCUT2D eigenvalue weighted by atomic mass is 10.1. The van der Waals surface area contributed by atoms with Crippen molar-refractivity contribution in [1.29, 1.82) is 0 Å². The van der Waals surface area contributed by atoms with Gasteiger partial charge in [-0.15, -0.1) is 0 Å². The number of nitrogens with zero attached hydrogens (tertiary/aromatic N) is 1. The fraction of sp³-hybridized carbons (Fsp3) is 1.00. The number of hydrogen-bond acceptors (Lipinski definition) is 2. The molecule has 2 rings (SSSR count). The Bertz CT molecular complexity index is 148. The van der Waals surface area contributed by atoms with Crippen molar-refractivity contribution in [2.45, 2.75) is 25.3 Å². The van der Waals surface area contributed by atoms with Gasteiger partial charge in [0.15, 0.2) is 0 Å². The maximum atomic E-state index is 4.34. The SMILES string of the molecule is CN1CCCC1C1CC1CS. The summed E-state index contributed by atoms with van der Waals surface area (Å²) in [6.07, 6.45) is 4.29. The number of hydrogen-bond donors (Lipinski definition) is 1. The second-order valence-corrected chi connectivity index (χ2v) is 4.40. The van der Waals surface area contributed by atoms with Gasteiger partial charge in [-0.2, -0.15) is 12.6 Å². The van der Waals surface area contributed by atoms with Crippen molar-refractivity contribution in [3.63, 3.8) is 0 Å². The van der Waals surface area contributed by atoms with Gasteiger partial charge in [-0.25, -0.2) is 0 Å². The standard InChI is InChI=1S/C9H17NS/c1-10-4-2-3-9(10)8-5-7(8)6-11/h7-9,11H,2-6H2,1H3. The Kier molecular flexibility index (Phi) is 2.15. The van der Waals surface area contributed by atoms with Crippen LogP contribution in [0.3, 0.4) is 0 Å². The van der Waals surface area contributed by atoms with E-state index >= 15 is 0 Å². The first kappa shape index (κ1) is 7.93. The molecule has 1 saturated carbocycles. The third kappa shape index (κ3) is 1.43. The Labute approximate surface area is 74.6 Å². The molecule has 1 heterocycles. The molecule has 0 N–H and O–H groups in total. The van der Waals surface area contributed by atoms with Crippen LogP contribution in [0.4, 0.5) is 0 Å². The summed E-state index contributed by atoms with van der Waals surface area (Å²) < 4.78 is 0. The first-order chi connectivity index (χ1) is 5.33. The number of likely N-dealkylation sites (tertiary alicyclic amines) is 1. The van der Waals surface area contributed by atoms with Gasteiger partial charge < -0.3 is 4.90 Å². The molecule has 0 aromatic heterocycles. The molecule has 64 valence electrons. The van der Waals surface area contributed by atoms with E-state index in [0.717, 1.165) is 23.6 Å². The molecule has 1 saturated heterocycles. The maximum Gasteiger partial charge on any atom is 0.0124 e. The minimum Gasteiger partial charge on any atom is -0.303 e. The highest BCUT2D eigenvalue weighted by molar-refractivity contribution is 7.80. The molecule has 2 aliphatic rings. The minimum absolute atomic E-state index is 0.909. The fourth-order valence-corrected chi connectivity index (χ4v) is 2.85. The lowest BCUT2D eigenvalue weighted by Gasteiger charge is -2.18. The van der Waals surface area contributed by atoms with Gasteiger partial charge in [0.1, 0.15) is 0 Å². The average molecular weight is 171 g/mol. The van der Waals surface area contributed by atoms with Crippen LogP contribution in [0.15, 0.2) is 0 Å². The molecule has 0 radical (unpaired) electrons. The summed E-state index contributed by atoms with van der Waals surface area (Å²) in [5, 5.41) is 0. The van der Waals surface area contributed by atoms with Crippen LogP contribution in [0, 0.1) is 11.8 Å². The van der Waals surface area contributed by atoms with Gasteiger partial charge in [-0.1, -0.05) is 0 Å². The Morgan fingerprint density at radius 3 is 2.82 bits per heavy atom. The molecule has 0 aromatic carbocycles. The second kappa shape index (κ2) is 2.98. The van der Waals surface area contributed by atoms with Crippen molar-refractivity contribution < 1.29 is 0 Å². The summed E-state index contributed by atoms with van der Waals surface area (Å²) in [7, 11) is 2.27. The molecule has 0 amide bonds. The van der Waals surface area contributed by atoms with E-state index in [-0.39, 0.29) is 0 Å². The summed E-state index contributed by atoms with van der Waals surface area (Å²) in [5.41, 5.74) is 0. The first-order valence-electron chi connectivity index (χ1n) is 4.64. The van der Waals surface area contributed by atoms with E-state index in [4.69, 9.17) is 0 Å². The fourth-order valence-electron chi connectivity index (χ4n) is 2.43. The highest BCUT2D eigenvalue weighted by atomic mass is 32.1. The van der Waals surface area contributed by atoms with Crippen LogP contribution in [-0.2, 0) is 0 Å². The van der Waals surface area contributed by atoms with Gasteiger partial charge in [0.2, 0.25) is 0 Å². The Morgan fingerprint density at radius 2 is 2.36 bits per heavy atom. The lowest BCUT2D eigenvalue weighted by molar-refractivity contribution is 0.276. The summed E-state index contributed by atoms with van der Waals surface area (Å²) in [5.74, 6) is 3.05. The summed E-state index contributed by atoms with van der Waals surface area (Å²) >= 11 is 4.34. The molecule has 2 heteroatoms. The molecular formula is C9H17NS. The van der Waals surface area contributed by atoms with Gasteiger partial charge in [0.05, 0.1) is 0 Å². The zero-order valence-electron chi connectivity index (χ0n) is 7.16. The van der Waals surface area contributed by atoms with Crippen LogP contribution in [0.2, 0.25) is 0 Å². The highest BCUT2D eigenvalue weighted by Crippen LogP contribution is 2.46. The largest absolute Gasteiger partial charge is 0.303 e. The third-order valence-electron chi connectivity index (χ3n) is 3.28. The molecule has 3 unspecified atom stereocenters. The monoisotopic (exact) mass is 171 g/mol. The maximum absolute atomic E-state index is 4.34. The molecular weight excluding hydrogens is 154 g/mol. The molecule has 0 bridgehead atoms. The van der Waals surface area contributed by atoms with Gasteiger partial charge in [0, 0.05) is 6.04 Å². The predicted octanol–water partition coefficient (Wildman–Crippen LogP) is 1.65. The van der Waals surface area contributed by atoms with E-state index < -0.39 is 0 Å². The van der Waals surface area contributed by atoms with Crippen molar-refractivity contribution >= 4 is 12.6 Å². The number of thiol groups is 1. The summed E-state index contributed by atoms with van der Waals surface area (Å²) in [4.78, 5) is 2.54. The molecule has 2 fully saturated rings. The van der Waals surface area contributed by atoms with Crippen LogP contribution in [0.1, 0.15) is 19.3 Å². The molecule has 0 aromatic rings. The van der Waals surface area contributed by atoms with E-state index in [1.165, 1.54) is 25.8 Å². The quantitative estimate of drug-likeness (QED) is 0.618. The predicted molar refractivity (Wildman–Crippen MR) is 51.1 cm³/mol. The highest BCUT2D eigenvalue weighted by Gasteiger charge is 2.44. The lowest BCUT2D eigenvalue weighted by Crippen LogP contribution is -2.27. The van der Waals surface area contributed by atoms with Gasteiger partial charge in [-0.3, -0.25) is 0 Å². The van der Waals surface area contributed by atoms with Crippen molar-refractivity contribution in [1.82, 2.24) is 4.90 Å². The molecule has 11 heavy (non-hydrogen) atoms. The molecule has 3 atom stereocenters. The second-order valence-electron chi connectivity index (χ2n) is 4.03. The van der Waals surface area contributed by atoms with Crippen LogP contribution in [0.5, 0.6) is 0 Å². The Hall–Kier alpha value is 0.310. The van der Waals surface area contributed by atoms with Crippen molar-refractivity contribution in [2.24, 2.45) is 11.8 Å². The van der Waals surface area contributed by atoms with Crippen molar-refractivity contribution in [3.05, 3.63) is 0 Å². The van der Waals surface area contributed by atoms with Crippen LogP contribution >= 0.6 is 12.6 Å². The minimum atomic E-state index is 0.909.